The first-order chi connectivity index (χ1) is 9.60. The summed E-state index contributed by atoms with van der Waals surface area (Å²) in [5.74, 6) is 0. The molecule has 0 atom stereocenters. The lowest BCUT2D eigenvalue weighted by Gasteiger charge is -2.03. The lowest BCUT2D eigenvalue weighted by molar-refractivity contribution is -0.384. The molecular weight excluding hydrogens is 294 g/mol. The van der Waals surface area contributed by atoms with Gasteiger partial charge in [-0.2, -0.15) is 5.26 Å². The van der Waals surface area contributed by atoms with E-state index in [1.165, 1.54) is 41.3 Å². The maximum atomic E-state index is 10.6. The van der Waals surface area contributed by atoms with Gasteiger partial charge < -0.3 is 0 Å². The molecule has 0 spiro atoms. The molecule has 1 heterocycles. The predicted octanol–water partition coefficient (Wildman–Crippen LogP) is 4.02. The number of thioether (sulfide) groups is 1. The van der Waals surface area contributed by atoms with Gasteiger partial charge in [-0.15, -0.1) is 11.3 Å². The Morgan fingerprint density at radius 2 is 2.20 bits per heavy atom. The highest BCUT2D eigenvalue weighted by Gasteiger charge is 2.10. The summed E-state index contributed by atoms with van der Waals surface area (Å²) in [5.41, 5.74) is 1.72. The van der Waals surface area contributed by atoms with Crippen LogP contribution in [0.3, 0.4) is 0 Å². The summed E-state index contributed by atoms with van der Waals surface area (Å²) in [6.07, 6.45) is 1.42. The van der Waals surface area contributed by atoms with Crippen LogP contribution >= 0.6 is 23.1 Å². The number of nitro benzene ring substituents is 1. The molecule has 0 unspecified atom stereocenters. The standard InChI is InChI=1S/C13H9N3O2S2/c1-9-8-19-13(15-9)20-12(6-7-14)10-2-4-11(5-3-10)16(17)18/h2-6,8H,1H3/b12-6-. The van der Waals surface area contributed by atoms with Crippen LogP contribution in [-0.2, 0) is 0 Å². The summed E-state index contributed by atoms with van der Waals surface area (Å²) in [5, 5.41) is 21.4. The number of nitriles is 1. The van der Waals surface area contributed by atoms with Crippen molar-refractivity contribution >= 4 is 33.7 Å². The van der Waals surface area contributed by atoms with Gasteiger partial charge in [0.15, 0.2) is 4.34 Å². The molecule has 0 bridgehead atoms. The normalized spacial score (nSPS) is 11.1. The third-order valence-corrected chi connectivity index (χ3v) is 4.48. The fourth-order valence-electron chi connectivity index (χ4n) is 1.45. The van der Waals surface area contributed by atoms with Crippen LogP contribution in [-0.4, -0.2) is 9.91 Å². The summed E-state index contributed by atoms with van der Waals surface area (Å²) in [7, 11) is 0. The predicted molar refractivity (Wildman–Crippen MR) is 79.4 cm³/mol. The van der Waals surface area contributed by atoms with Crippen LogP contribution in [0.15, 0.2) is 40.1 Å². The van der Waals surface area contributed by atoms with Gasteiger partial charge in [0, 0.05) is 34.2 Å². The smallest absolute Gasteiger partial charge is 0.258 e. The molecule has 100 valence electrons. The van der Waals surface area contributed by atoms with Crippen molar-refractivity contribution in [1.82, 2.24) is 4.98 Å². The van der Waals surface area contributed by atoms with Crippen LogP contribution in [0, 0.1) is 28.4 Å². The summed E-state index contributed by atoms with van der Waals surface area (Å²) >= 11 is 2.88. The molecule has 2 rings (SSSR count). The molecule has 20 heavy (non-hydrogen) atoms. The van der Waals surface area contributed by atoms with Gasteiger partial charge in [-0.1, -0.05) is 11.8 Å². The molecule has 0 saturated heterocycles. The second kappa shape index (κ2) is 6.32. The second-order valence-corrected chi connectivity index (χ2v) is 5.95. The number of nitrogens with zero attached hydrogens (tertiary/aromatic N) is 3. The van der Waals surface area contributed by atoms with Crippen LogP contribution in [0.1, 0.15) is 11.3 Å². The second-order valence-electron chi connectivity index (χ2n) is 3.80. The van der Waals surface area contributed by atoms with E-state index in [2.05, 4.69) is 4.98 Å². The number of non-ortho nitro benzene ring substituents is 1. The zero-order valence-corrected chi connectivity index (χ0v) is 12.1. The van der Waals surface area contributed by atoms with Gasteiger partial charge in [-0.25, -0.2) is 4.98 Å². The molecule has 0 fully saturated rings. The Balaban J connectivity index is 2.27. The van der Waals surface area contributed by atoms with E-state index in [1.807, 2.05) is 18.4 Å². The number of allylic oxidation sites excluding steroid dienone is 1. The highest BCUT2D eigenvalue weighted by Crippen LogP contribution is 2.36. The number of benzene rings is 1. The molecule has 0 aliphatic heterocycles. The van der Waals surface area contributed by atoms with Crippen LogP contribution < -0.4 is 0 Å². The Bertz CT molecular complexity index is 699. The molecule has 5 nitrogen and oxygen atoms in total. The minimum atomic E-state index is -0.450. The van der Waals surface area contributed by atoms with E-state index < -0.39 is 4.92 Å². The monoisotopic (exact) mass is 303 g/mol. The van der Waals surface area contributed by atoms with Crippen molar-refractivity contribution in [2.24, 2.45) is 0 Å². The van der Waals surface area contributed by atoms with Gasteiger partial charge in [0.05, 0.1) is 11.0 Å². The van der Waals surface area contributed by atoms with Gasteiger partial charge >= 0.3 is 0 Å². The molecule has 1 aromatic carbocycles. The number of hydrogen-bond donors (Lipinski definition) is 0. The Morgan fingerprint density at radius 1 is 1.50 bits per heavy atom. The molecule has 0 N–H and O–H groups in total. The van der Waals surface area contributed by atoms with Crippen molar-refractivity contribution in [1.29, 1.82) is 5.26 Å². The maximum absolute atomic E-state index is 10.6. The maximum Gasteiger partial charge on any atom is 0.269 e. The van der Waals surface area contributed by atoms with Crippen LogP contribution in [0.5, 0.6) is 0 Å². The summed E-state index contributed by atoms with van der Waals surface area (Å²) in [6.45, 7) is 1.90. The Labute approximate surface area is 123 Å². The lowest BCUT2D eigenvalue weighted by Crippen LogP contribution is -1.88. The van der Waals surface area contributed by atoms with Gasteiger partial charge in [0.25, 0.3) is 5.69 Å². The van der Waals surface area contributed by atoms with Gasteiger partial charge in [0.2, 0.25) is 0 Å². The first kappa shape index (κ1) is 14.2. The summed E-state index contributed by atoms with van der Waals surface area (Å²) < 4.78 is 0.836. The van der Waals surface area contributed by atoms with Crippen LogP contribution in [0.4, 0.5) is 5.69 Å². The van der Waals surface area contributed by atoms with Gasteiger partial charge in [-0.05, 0) is 24.6 Å². The van der Waals surface area contributed by atoms with Crippen molar-refractivity contribution in [3.63, 3.8) is 0 Å². The first-order valence-corrected chi connectivity index (χ1v) is 7.24. The number of nitro groups is 1. The summed E-state index contributed by atoms with van der Waals surface area (Å²) in [6, 6.07) is 8.11. The highest BCUT2D eigenvalue weighted by atomic mass is 32.2. The van der Waals surface area contributed by atoms with E-state index in [0.29, 0.717) is 0 Å². The Morgan fingerprint density at radius 3 is 2.70 bits per heavy atom. The average molecular weight is 303 g/mol. The van der Waals surface area contributed by atoms with Gasteiger partial charge in [-0.3, -0.25) is 10.1 Å². The molecular formula is C13H9N3O2S2. The minimum Gasteiger partial charge on any atom is -0.258 e. The fourth-order valence-corrected chi connectivity index (χ4v) is 3.32. The third kappa shape index (κ3) is 3.44. The first-order valence-electron chi connectivity index (χ1n) is 5.55. The lowest BCUT2D eigenvalue weighted by atomic mass is 10.2. The number of thiazole rings is 1. The summed E-state index contributed by atoms with van der Waals surface area (Å²) in [4.78, 5) is 15.2. The number of rotatable bonds is 4. The van der Waals surface area contributed by atoms with Crippen molar-refractivity contribution in [3.8, 4) is 6.07 Å². The highest BCUT2D eigenvalue weighted by molar-refractivity contribution is 8.09. The molecule has 1 aromatic heterocycles. The third-order valence-electron chi connectivity index (χ3n) is 2.35. The van der Waals surface area contributed by atoms with Gasteiger partial charge in [0.1, 0.15) is 0 Å². The van der Waals surface area contributed by atoms with E-state index >= 15 is 0 Å². The fraction of sp³-hybridized carbons (Fsp3) is 0.0769. The molecule has 0 amide bonds. The van der Waals surface area contributed by atoms with Crippen LogP contribution in [0.2, 0.25) is 0 Å². The van der Waals surface area contributed by atoms with Crippen molar-refractivity contribution in [2.45, 2.75) is 11.3 Å². The quantitative estimate of drug-likeness (QED) is 0.369. The Kier molecular flexibility index (Phi) is 4.50. The molecule has 0 radical (unpaired) electrons. The van der Waals surface area contributed by atoms with E-state index in [9.17, 15) is 10.1 Å². The van der Waals surface area contributed by atoms with E-state index in [0.717, 1.165) is 20.5 Å². The minimum absolute atomic E-state index is 0.0279. The molecule has 7 heteroatoms. The number of hydrogen-bond acceptors (Lipinski definition) is 6. The molecule has 0 saturated carbocycles. The van der Waals surface area contributed by atoms with E-state index in [-0.39, 0.29) is 5.69 Å². The molecule has 0 aliphatic carbocycles. The van der Waals surface area contributed by atoms with E-state index in [1.54, 1.807) is 12.1 Å². The largest absolute Gasteiger partial charge is 0.269 e. The van der Waals surface area contributed by atoms with Crippen molar-refractivity contribution < 1.29 is 4.92 Å². The number of aryl methyl sites for hydroxylation is 1. The number of aromatic nitrogens is 1. The average Bonchev–Trinajstić information content (AvgIpc) is 2.84. The Hall–Kier alpha value is -2.17. The SMILES string of the molecule is Cc1csc(S/C(=C\C#N)c2ccc([N+](=O)[O-])cc2)n1. The van der Waals surface area contributed by atoms with Crippen molar-refractivity contribution in [3.05, 3.63) is 57.1 Å². The zero-order valence-electron chi connectivity index (χ0n) is 10.4. The zero-order chi connectivity index (χ0) is 14.5. The van der Waals surface area contributed by atoms with E-state index in [4.69, 9.17) is 5.26 Å². The van der Waals surface area contributed by atoms with Crippen molar-refractivity contribution in [2.75, 3.05) is 0 Å². The topological polar surface area (TPSA) is 79.8 Å². The molecule has 2 aromatic rings. The molecule has 0 aliphatic rings. The van der Waals surface area contributed by atoms with Crippen LogP contribution in [0.25, 0.3) is 4.91 Å².